The summed E-state index contributed by atoms with van der Waals surface area (Å²) in [5.74, 6) is 1.82. The third kappa shape index (κ3) is 3.54. The van der Waals surface area contributed by atoms with Crippen molar-refractivity contribution in [1.82, 2.24) is 4.90 Å². The van der Waals surface area contributed by atoms with Crippen molar-refractivity contribution >= 4 is 29.3 Å². The van der Waals surface area contributed by atoms with Crippen molar-refractivity contribution in [1.29, 1.82) is 5.41 Å². The number of amidine groups is 1. The third-order valence-corrected chi connectivity index (χ3v) is 4.59. The van der Waals surface area contributed by atoms with Gasteiger partial charge in [-0.1, -0.05) is 18.2 Å². The highest BCUT2D eigenvalue weighted by atomic mass is 35.5. The molecule has 2 fully saturated rings. The Kier molecular flexibility index (Phi) is 5.94. The largest absolute Gasteiger partial charge is 0.379 e. The lowest BCUT2D eigenvalue weighted by Crippen LogP contribution is -2.48. The number of hydrogen-bond acceptors (Lipinski definition) is 3. The number of nitrogens with one attached hydrogen (secondary N) is 1. The first-order chi connectivity index (χ1) is 7.27. The lowest BCUT2D eigenvalue weighted by atomic mass is 9.85. The lowest BCUT2D eigenvalue weighted by molar-refractivity contribution is 0.0694. The Morgan fingerprint density at radius 3 is 2.75 bits per heavy atom. The molecule has 2 saturated heterocycles. The fourth-order valence-corrected chi connectivity index (χ4v) is 3.75. The van der Waals surface area contributed by atoms with Gasteiger partial charge in [0, 0.05) is 11.8 Å². The highest BCUT2D eigenvalue weighted by Gasteiger charge is 2.32. The molecule has 0 amide bonds. The van der Waals surface area contributed by atoms with Crippen LogP contribution in [0.4, 0.5) is 0 Å². The van der Waals surface area contributed by atoms with Gasteiger partial charge in [0.2, 0.25) is 0 Å². The van der Waals surface area contributed by atoms with E-state index in [9.17, 15) is 0 Å². The molecule has 0 aromatic rings. The van der Waals surface area contributed by atoms with Crippen LogP contribution in [0.15, 0.2) is 0 Å². The topological polar surface area (TPSA) is 53.1 Å². The van der Waals surface area contributed by atoms with E-state index in [0.29, 0.717) is 0 Å². The molecule has 0 aromatic heterocycles. The molecule has 0 bridgehead atoms. The SMILES string of the molecule is Cl.N=C(N)SCC1CCCN2CCCCC12. The second kappa shape index (κ2) is 6.72. The van der Waals surface area contributed by atoms with E-state index in [1.165, 1.54) is 57.0 Å². The molecule has 0 aromatic carbocycles. The van der Waals surface area contributed by atoms with Gasteiger partial charge in [0.1, 0.15) is 0 Å². The molecule has 3 nitrogen and oxygen atoms in total. The van der Waals surface area contributed by atoms with Crippen LogP contribution in [0, 0.1) is 11.3 Å². The second-order valence-corrected chi connectivity index (χ2v) is 5.74. The molecule has 94 valence electrons. The van der Waals surface area contributed by atoms with Gasteiger partial charge in [-0.05, 0) is 44.7 Å². The number of hydrogen-bond donors (Lipinski definition) is 2. The maximum Gasteiger partial charge on any atom is 0.151 e. The molecule has 2 unspecified atom stereocenters. The molecule has 2 aliphatic heterocycles. The van der Waals surface area contributed by atoms with E-state index in [1.54, 1.807) is 0 Å². The number of halogens is 1. The Bertz CT molecular complexity index is 235. The van der Waals surface area contributed by atoms with Crippen molar-refractivity contribution in [2.75, 3.05) is 18.8 Å². The van der Waals surface area contributed by atoms with Crippen LogP contribution < -0.4 is 5.73 Å². The Hall–Kier alpha value is 0.0700. The predicted octanol–water partition coefficient (Wildman–Crippen LogP) is 2.30. The van der Waals surface area contributed by atoms with Gasteiger partial charge in [0.15, 0.2) is 5.17 Å². The number of piperidine rings is 2. The molecular formula is C11H22ClN3S. The number of nitrogens with zero attached hydrogens (tertiary/aromatic N) is 1. The van der Waals surface area contributed by atoms with Crippen molar-refractivity contribution in [2.45, 2.75) is 38.1 Å². The van der Waals surface area contributed by atoms with E-state index in [4.69, 9.17) is 11.1 Å². The molecule has 3 N–H and O–H groups in total. The molecule has 16 heavy (non-hydrogen) atoms. The van der Waals surface area contributed by atoms with Crippen molar-refractivity contribution in [3.63, 3.8) is 0 Å². The highest BCUT2D eigenvalue weighted by molar-refractivity contribution is 8.13. The van der Waals surface area contributed by atoms with E-state index in [1.807, 2.05) is 0 Å². The zero-order valence-corrected chi connectivity index (χ0v) is 11.3. The molecular weight excluding hydrogens is 242 g/mol. The predicted molar refractivity (Wildman–Crippen MR) is 73.6 cm³/mol. The lowest BCUT2D eigenvalue weighted by Gasteiger charge is -2.44. The van der Waals surface area contributed by atoms with Gasteiger partial charge in [0.05, 0.1) is 0 Å². The zero-order chi connectivity index (χ0) is 10.7. The van der Waals surface area contributed by atoms with Crippen LogP contribution in [-0.2, 0) is 0 Å². The Morgan fingerprint density at radius 1 is 1.25 bits per heavy atom. The van der Waals surface area contributed by atoms with Gasteiger partial charge < -0.3 is 10.6 Å². The summed E-state index contributed by atoms with van der Waals surface area (Å²) in [5.41, 5.74) is 5.41. The summed E-state index contributed by atoms with van der Waals surface area (Å²) in [6, 6.07) is 0.791. The van der Waals surface area contributed by atoms with E-state index >= 15 is 0 Å². The molecule has 0 radical (unpaired) electrons. The fourth-order valence-electron chi connectivity index (χ4n) is 2.97. The standard InChI is InChI=1S/C11H21N3S.ClH/c12-11(13)15-8-9-4-3-7-14-6-2-1-5-10(9)14;/h9-10H,1-8H2,(H3,12,13);1H. The Balaban J connectivity index is 0.00000128. The maximum atomic E-state index is 7.27. The first-order valence-corrected chi connectivity index (χ1v) is 6.97. The first-order valence-electron chi connectivity index (χ1n) is 5.98. The number of nitrogens with two attached hydrogens (primary N) is 1. The van der Waals surface area contributed by atoms with Crippen LogP contribution in [0.1, 0.15) is 32.1 Å². The molecule has 0 spiro atoms. The Labute approximate surface area is 108 Å². The average molecular weight is 264 g/mol. The molecule has 2 rings (SSSR count). The molecule has 2 aliphatic rings. The number of fused-ring (bicyclic) bond motifs is 1. The van der Waals surface area contributed by atoms with Crippen molar-refractivity contribution in [3.05, 3.63) is 0 Å². The van der Waals surface area contributed by atoms with Crippen LogP contribution in [0.2, 0.25) is 0 Å². The Morgan fingerprint density at radius 2 is 2.00 bits per heavy atom. The minimum atomic E-state index is 0. The molecule has 5 heteroatoms. The number of thioether (sulfide) groups is 1. The highest BCUT2D eigenvalue weighted by Crippen LogP contribution is 2.32. The average Bonchev–Trinajstić information content (AvgIpc) is 2.26. The van der Waals surface area contributed by atoms with Crippen LogP contribution in [-0.4, -0.2) is 35.0 Å². The summed E-state index contributed by atoms with van der Waals surface area (Å²) in [4.78, 5) is 2.67. The normalized spacial score (nSPS) is 30.2. The smallest absolute Gasteiger partial charge is 0.151 e. The summed E-state index contributed by atoms with van der Waals surface area (Å²) >= 11 is 1.53. The third-order valence-electron chi connectivity index (χ3n) is 3.68. The van der Waals surface area contributed by atoms with Gasteiger partial charge in [-0.25, -0.2) is 0 Å². The van der Waals surface area contributed by atoms with Crippen LogP contribution in [0.5, 0.6) is 0 Å². The van der Waals surface area contributed by atoms with Gasteiger partial charge in [-0.3, -0.25) is 5.41 Å². The van der Waals surface area contributed by atoms with Crippen molar-refractivity contribution in [3.8, 4) is 0 Å². The minimum Gasteiger partial charge on any atom is -0.379 e. The van der Waals surface area contributed by atoms with E-state index in [2.05, 4.69) is 4.90 Å². The van der Waals surface area contributed by atoms with Crippen molar-refractivity contribution in [2.24, 2.45) is 11.7 Å². The monoisotopic (exact) mass is 263 g/mol. The zero-order valence-electron chi connectivity index (χ0n) is 9.65. The molecule has 2 heterocycles. The first kappa shape index (κ1) is 14.1. The summed E-state index contributed by atoms with van der Waals surface area (Å²) in [6.07, 6.45) is 6.80. The van der Waals surface area contributed by atoms with E-state index < -0.39 is 0 Å². The quantitative estimate of drug-likeness (QED) is 0.594. The number of rotatable bonds is 2. The molecule has 2 atom stereocenters. The van der Waals surface area contributed by atoms with E-state index in [0.717, 1.165) is 17.7 Å². The molecule has 0 aliphatic carbocycles. The van der Waals surface area contributed by atoms with Gasteiger partial charge in [-0.15, -0.1) is 12.4 Å². The summed E-state index contributed by atoms with van der Waals surface area (Å²) in [7, 11) is 0. The summed E-state index contributed by atoms with van der Waals surface area (Å²) in [6.45, 7) is 2.60. The molecule has 0 saturated carbocycles. The van der Waals surface area contributed by atoms with Crippen LogP contribution in [0.25, 0.3) is 0 Å². The van der Waals surface area contributed by atoms with E-state index in [-0.39, 0.29) is 17.6 Å². The second-order valence-electron chi connectivity index (χ2n) is 4.68. The van der Waals surface area contributed by atoms with Gasteiger partial charge in [-0.2, -0.15) is 0 Å². The summed E-state index contributed by atoms with van der Waals surface area (Å²) in [5, 5.41) is 7.55. The van der Waals surface area contributed by atoms with Crippen LogP contribution in [0.3, 0.4) is 0 Å². The van der Waals surface area contributed by atoms with Crippen LogP contribution >= 0.6 is 24.2 Å². The van der Waals surface area contributed by atoms with Crippen molar-refractivity contribution < 1.29 is 0 Å². The fraction of sp³-hybridized carbons (Fsp3) is 0.909. The van der Waals surface area contributed by atoms with Gasteiger partial charge in [0.25, 0.3) is 0 Å². The summed E-state index contributed by atoms with van der Waals surface area (Å²) < 4.78 is 0. The van der Waals surface area contributed by atoms with Gasteiger partial charge >= 0.3 is 0 Å². The minimum absolute atomic E-state index is 0. The maximum absolute atomic E-state index is 7.27.